The zero-order chi connectivity index (χ0) is 12.5. The molecule has 2 heterocycles. The van der Waals surface area contributed by atoms with Crippen LogP contribution in [0.2, 0.25) is 0 Å². The molecule has 3 rings (SSSR count). The minimum Gasteiger partial charge on any atom is -0.361 e. The van der Waals surface area contributed by atoms with Crippen LogP contribution >= 0.6 is 15.9 Å². The molecule has 1 aromatic heterocycles. The molecule has 1 aliphatic rings. The molecule has 1 aliphatic heterocycles. The van der Waals surface area contributed by atoms with Crippen molar-refractivity contribution in [2.75, 3.05) is 11.9 Å². The normalized spacial score (nSPS) is 19.9. The number of hydrogen-bond donors (Lipinski definition) is 1. The van der Waals surface area contributed by atoms with Gasteiger partial charge in [-0.25, -0.2) is 0 Å². The Bertz CT molecular complexity index is 578. The third-order valence-electron chi connectivity index (χ3n) is 3.55. The predicted molar refractivity (Wildman–Crippen MR) is 75.6 cm³/mol. The molecule has 4 heteroatoms. The van der Waals surface area contributed by atoms with Gasteiger partial charge in [0.2, 0.25) is 5.91 Å². The number of halogens is 1. The van der Waals surface area contributed by atoms with Crippen LogP contribution in [0.1, 0.15) is 12.0 Å². The lowest BCUT2D eigenvalue weighted by molar-refractivity contribution is -0.128. The van der Waals surface area contributed by atoms with Crippen molar-refractivity contribution in [3.05, 3.63) is 36.0 Å². The predicted octanol–water partition coefficient (Wildman–Crippen LogP) is 2.91. The van der Waals surface area contributed by atoms with Gasteiger partial charge in [-0.15, -0.1) is 0 Å². The number of aromatic nitrogens is 1. The van der Waals surface area contributed by atoms with E-state index in [2.05, 4.69) is 33.0 Å². The summed E-state index contributed by atoms with van der Waals surface area (Å²) in [6, 6.07) is 8.22. The Balaban J connectivity index is 1.83. The number of hydrogen-bond acceptors (Lipinski definition) is 1. The number of carbonyl (C=O) groups is 1. The van der Waals surface area contributed by atoms with Gasteiger partial charge in [0.15, 0.2) is 0 Å². The van der Waals surface area contributed by atoms with Crippen LogP contribution in [0.5, 0.6) is 0 Å². The number of nitrogens with one attached hydrogen (secondary N) is 1. The van der Waals surface area contributed by atoms with Gasteiger partial charge in [0.05, 0.1) is 0 Å². The molecular weight excluding hydrogens is 292 g/mol. The van der Waals surface area contributed by atoms with E-state index in [0.717, 1.165) is 17.4 Å². The molecule has 1 atom stereocenters. The number of carbonyl (C=O) groups excluding carboxylic acids is 1. The summed E-state index contributed by atoms with van der Waals surface area (Å²) in [6.07, 6.45) is 2.69. The van der Waals surface area contributed by atoms with Gasteiger partial charge >= 0.3 is 0 Å². The summed E-state index contributed by atoms with van der Waals surface area (Å²) in [5.41, 5.74) is 2.34. The maximum Gasteiger partial charge on any atom is 0.223 e. The molecule has 2 aromatic rings. The smallest absolute Gasteiger partial charge is 0.223 e. The van der Waals surface area contributed by atoms with Crippen LogP contribution in [0.4, 0.5) is 0 Å². The van der Waals surface area contributed by atoms with Crippen LogP contribution in [0.25, 0.3) is 10.9 Å². The van der Waals surface area contributed by atoms with Gasteiger partial charge in [-0.05, 0) is 17.5 Å². The van der Waals surface area contributed by atoms with E-state index >= 15 is 0 Å². The summed E-state index contributed by atoms with van der Waals surface area (Å²) < 4.78 is 0. The molecule has 0 spiro atoms. The second-order valence-corrected chi connectivity index (χ2v) is 5.51. The van der Waals surface area contributed by atoms with E-state index in [9.17, 15) is 4.79 Å². The fourth-order valence-corrected chi connectivity index (χ4v) is 3.01. The highest BCUT2D eigenvalue weighted by atomic mass is 79.9. The zero-order valence-corrected chi connectivity index (χ0v) is 11.6. The van der Waals surface area contributed by atoms with Gasteiger partial charge in [-0.2, -0.15) is 0 Å². The fraction of sp³-hybridized carbons (Fsp3) is 0.357. The average molecular weight is 307 g/mol. The molecule has 3 nitrogen and oxygen atoms in total. The molecule has 0 bridgehead atoms. The number of amides is 1. The molecule has 94 valence electrons. The molecule has 18 heavy (non-hydrogen) atoms. The summed E-state index contributed by atoms with van der Waals surface area (Å²) in [4.78, 5) is 17.1. The van der Waals surface area contributed by atoms with Crippen molar-refractivity contribution < 1.29 is 4.79 Å². The van der Waals surface area contributed by atoms with Crippen molar-refractivity contribution in [2.45, 2.75) is 13.0 Å². The van der Waals surface area contributed by atoms with E-state index in [-0.39, 0.29) is 5.91 Å². The van der Waals surface area contributed by atoms with E-state index in [4.69, 9.17) is 0 Å². The highest BCUT2D eigenvalue weighted by molar-refractivity contribution is 9.09. The SMILES string of the molecule is O=C1CC(CBr)CN1Cc1c[nH]c2ccccc12. The second kappa shape index (κ2) is 4.76. The minimum atomic E-state index is 0.268. The number of likely N-dealkylation sites (tertiary alicyclic amines) is 1. The van der Waals surface area contributed by atoms with Crippen molar-refractivity contribution in [2.24, 2.45) is 5.92 Å². The van der Waals surface area contributed by atoms with Gasteiger partial charge in [-0.3, -0.25) is 4.79 Å². The van der Waals surface area contributed by atoms with Gasteiger partial charge in [0.25, 0.3) is 0 Å². The van der Waals surface area contributed by atoms with Crippen molar-refractivity contribution in [1.82, 2.24) is 9.88 Å². The first-order chi connectivity index (χ1) is 8.78. The van der Waals surface area contributed by atoms with E-state index < -0.39 is 0 Å². The second-order valence-electron chi connectivity index (χ2n) is 4.86. The third kappa shape index (κ3) is 2.05. The standard InChI is InChI=1S/C14H15BrN2O/c15-6-10-5-14(18)17(8-10)9-11-7-16-13-4-2-1-3-12(11)13/h1-4,7,10,16H,5-6,8-9H2. The summed E-state index contributed by atoms with van der Waals surface area (Å²) >= 11 is 3.46. The fourth-order valence-electron chi connectivity index (χ4n) is 2.58. The molecule has 1 fully saturated rings. The van der Waals surface area contributed by atoms with Crippen LogP contribution in [0.3, 0.4) is 0 Å². The maximum atomic E-state index is 11.9. The number of benzene rings is 1. The summed E-state index contributed by atoms with van der Waals surface area (Å²) in [6.45, 7) is 1.58. The zero-order valence-electron chi connectivity index (χ0n) is 10.0. The third-order valence-corrected chi connectivity index (χ3v) is 4.46. The number of aromatic amines is 1. The van der Waals surface area contributed by atoms with Crippen LogP contribution < -0.4 is 0 Å². The Hall–Kier alpha value is -1.29. The Kier molecular flexibility index (Phi) is 3.12. The van der Waals surface area contributed by atoms with Crippen LogP contribution in [0, 0.1) is 5.92 Å². The highest BCUT2D eigenvalue weighted by Gasteiger charge is 2.28. The topological polar surface area (TPSA) is 36.1 Å². The summed E-state index contributed by atoms with van der Waals surface area (Å²) in [5, 5.41) is 2.12. The molecular formula is C14H15BrN2O. The van der Waals surface area contributed by atoms with Crippen molar-refractivity contribution >= 4 is 32.7 Å². The molecule has 1 N–H and O–H groups in total. The largest absolute Gasteiger partial charge is 0.361 e. The minimum absolute atomic E-state index is 0.268. The quantitative estimate of drug-likeness (QED) is 0.870. The monoisotopic (exact) mass is 306 g/mol. The van der Waals surface area contributed by atoms with Gasteiger partial charge in [-0.1, -0.05) is 34.1 Å². The van der Waals surface area contributed by atoms with Crippen molar-refractivity contribution in [1.29, 1.82) is 0 Å². The van der Waals surface area contributed by atoms with E-state index in [0.29, 0.717) is 18.9 Å². The van der Waals surface area contributed by atoms with Crippen LogP contribution in [-0.2, 0) is 11.3 Å². The van der Waals surface area contributed by atoms with E-state index in [1.165, 1.54) is 10.9 Å². The van der Waals surface area contributed by atoms with Crippen molar-refractivity contribution in [3.63, 3.8) is 0 Å². The summed E-state index contributed by atoms with van der Waals surface area (Å²) in [5.74, 6) is 0.729. The van der Waals surface area contributed by atoms with Crippen molar-refractivity contribution in [3.8, 4) is 0 Å². The number of para-hydroxylation sites is 1. The average Bonchev–Trinajstić information content (AvgIpc) is 2.95. The summed E-state index contributed by atoms with van der Waals surface area (Å²) in [7, 11) is 0. The lowest BCUT2D eigenvalue weighted by atomic mass is 10.1. The number of nitrogens with zero attached hydrogens (tertiary/aromatic N) is 1. The molecule has 1 unspecified atom stereocenters. The maximum absolute atomic E-state index is 11.9. The number of alkyl halides is 1. The highest BCUT2D eigenvalue weighted by Crippen LogP contribution is 2.24. The molecule has 0 saturated carbocycles. The number of rotatable bonds is 3. The Morgan fingerprint density at radius 1 is 1.39 bits per heavy atom. The lowest BCUT2D eigenvalue weighted by Gasteiger charge is -2.15. The van der Waals surface area contributed by atoms with E-state index in [1.807, 2.05) is 23.2 Å². The first-order valence-electron chi connectivity index (χ1n) is 6.16. The molecule has 1 amide bonds. The van der Waals surface area contributed by atoms with Crippen LogP contribution in [-0.4, -0.2) is 27.7 Å². The Morgan fingerprint density at radius 3 is 3.00 bits per heavy atom. The van der Waals surface area contributed by atoms with Gasteiger partial charge in [0.1, 0.15) is 0 Å². The van der Waals surface area contributed by atoms with Gasteiger partial charge in [0, 0.05) is 41.9 Å². The Morgan fingerprint density at radius 2 is 2.22 bits per heavy atom. The van der Waals surface area contributed by atoms with Crippen LogP contribution in [0.15, 0.2) is 30.5 Å². The van der Waals surface area contributed by atoms with Gasteiger partial charge < -0.3 is 9.88 Å². The molecule has 1 saturated heterocycles. The lowest BCUT2D eigenvalue weighted by Crippen LogP contribution is -2.24. The van der Waals surface area contributed by atoms with E-state index in [1.54, 1.807) is 0 Å². The first kappa shape index (κ1) is 11.8. The molecule has 1 aromatic carbocycles. The molecule has 0 radical (unpaired) electrons. The number of H-pyrrole nitrogens is 1. The Labute approximate surface area is 114 Å². The number of fused-ring (bicyclic) bond motifs is 1. The molecule has 0 aliphatic carbocycles. The first-order valence-corrected chi connectivity index (χ1v) is 7.29.